The molecule has 9 nitrogen and oxygen atoms in total. The maximum absolute atomic E-state index is 13.3. The average Bonchev–Trinajstić information content (AvgIpc) is 3.68. The Morgan fingerprint density at radius 2 is 1.86 bits per heavy atom. The predicted octanol–water partition coefficient (Wildman–Crippen LogP) is 5.36. The van der Waals surface area contributed by atoms with Gasteiger partial charge in [-0.2, -0.15) is 0 Å². The quantitative estimate of drug-likeness (QED) is 0.181. The number of rotatable bonds is 8. The normalized spacial score (nSPS) is 14.5. The molecule has 0 bridgehead atoms. The van der Waals surface area contributed by atoms with E-state index in [0.29, 0.717) is 23.4 Å². The highest BCUT2D eigenvalue weighted by Crippen LogP contribution is 2.37. The number of H-pyrrole nitrogens is 1. The molecule has 10 heteroatoms. The van der Waals surface area contributed by atoms with E-state index < -0.39 is 5.92 Å². The Morgan fingerprint density at radius 3 is 2.55 bits per heavy atom. The fourth-order valence-corrected chi connectivity index (χ4v) is 4.90. The first-order chi connectivity index (χ1) is 20.2. The molecule has 42 heavy (non-hydrogen) atoms. The zero-order valence-electron chi connectivity index (χ0n) is 23.9. The predicted molar refractivity (Wildman–Crippen MR) is 161 cm³/mol. The molecule has 5 rings (SSSR count). The zero-order chi connectivity index (χ0) is 30.4. The van der Waals surface area contributed by atoms with Crippen LogP contribution >= 0.6 is 0 Å². The maximum Gasteiger partial charge on any atom is 0.251 e. The van der Waals surface area contributed by atoms with Crippen LogP contribution in [0, 0.1) is 19.7 Å². The zero-order valence-corrected chi connectivity index (χ0v) is 23.9. The molecule has 4 aromatic rings. The van der Waals surface area contributed by atoms with Gasteiger partial charge in [0.15, 0.2) is 0 Å². The number of carbonyl (C=O) groups excluding carboxylic acids is 3. The fraction of sp³-hybridized carbons (Fsp3) is 0.219. The molecule has 2 unspecified atom stereocenters. The van der Waals surface area contributed by atoms with Gasteiger partial charge in [0.2, 0.25) is 11.8 Å². The van der Waals surface area contributed by atoms with Crippen molar-refractivity contribution >= 4 is 35.2 Å². The summed E-state index contributed by atoms with van der Waals surface area (Å²) in [5, 5.41) is 8.75. The number of hydrogen-bond donors (Lipinski definition) is 5. The number of halogens is 1. The van der Waals surface area contributed by atoms with E-state index in [1.807, 2.05) is 20.8 Å². The smallest absolute Gasteiger partial charge is 0.251 e. The summed E-state index contributed by atoms with van der Waals surface area (Å²) in [6, 6.07) is 12.5. The van der Waals surface area contributed by atoms with Crippen LogP contribution in [0.25, 0.3) is 6.08 Å². The summed E-state index contributed by atoms with van der Waals surface area (Å²) in [7, 11) is 1.50. The highest BCUT2D eigenvalue weighted by Gasteiger charge is 2.33. The van der Waals surface area contributed by atoms with Crippen LogP contribution in [0.4, 0.5) is 15.8 Å². The van der Waals surface area contributed by atoms with Gasteiger partial charge >= 0.3 is 0 Å². The van der Waals surface area contributed by atoms with Gasteiger partial charge in [-0.3, -0.25) is 14.4 Å². The maximum atomic E-state index is 13.3. The minimum atomic E-state index is -0.515. The Kier molecular flexibility index (Phi) is 9.39. The van der Waals surface area contributed by atoms with E-state index in [1.165, 1.54) is 31.5 Å². The van der Waals surface area contributed by atoms with Gasteiger partial charge in [-0.1, -0.05) is 12.1 Å². The van der Waals surface area contributed by atoms with Gasteiger partial charge in [0.1, 0.15) is 5.82 Å². The van der Waals surface area contributed by atoms with E-state index in [-0.39, 0.29) is 29.6 Å². The number of aromatic nitrogens is 1. The molecule has 2 aromatic heterocycles. The Bertz CT molecular complexity index is 1610. The van der Waals surface area contributed by atoms with Crippen LogP contribution in [-0.4, -0.2) is 29.8 Å². The third kappa shape index (κ3) is 6.67. The molecule has 3 amide bonds. The van der Waals surface area contributed by atoms with Crippen LogP contribution in [0.15, 0.2) is 71.6 Å². The van der Waals surface area contributed by atoms with Gasteiger partial charge in [-0.25, -0.2) is 4.39 Å². The van der Waals surface area contributed by atoms with Crippen molar-refractivity contribution in [2.24, 2.45) is 5.73 Å². The molecule has 0 aliphatic carbocycles. The van der Waals surface area contributed by atoms with Gasteiger partial charge in [-0.15, -0.1) is 0 Å². The number of nitrogens with one attached hydrogen (secondary N) is 4. The van der Waals surface area contributed by atoms with Crippen molar-refractivity contribution in [3.63, 3.8) is 0 Å². The summed E-state index contributed by atoms with van der Waals surface area (Å²) in [6.45, 7) is 5.58. The topological polar surface area (TPSA) is 142 Å². The molecular weight excluding hydrogens is 537 g/mol. The van der Waals surface area contributed by atoms with E-state index in [9.17, 15) is 18.8 Å². The number of aromatic amines is 1. The van der Waals surface area contributed by atoms with E-state index in [1.54, 1.807) is 48.7 Å². The van der Waals surface area contributed by atoms with Gasteiger partial charge in [0.25, 0.3) is 5.91 Å². The lowest BCUT2D eigenvalue weighted by molar-refractivity contribution is -0.117. The highest BCUT2D eigenvalue weighted by molar-refractivity contribution is 6.05. The van der Waals surface area contributed by atoms with Crippen LogP contribution in [0.1, 0.15) is 62.9 Å². The highest BCUT2D eigenvalue weighted by atomic mass is 19.1. The Balaban J connectivity index is 0.00000198. The molecule has 1 aliphatic rings. The lowest BCUT2D eigenvalue weighted by Gasteiger charge is -2.15. The number of anilines is 2. The van der Waals surface area contributed by atoms with Crippen LogP contribution in [0.3, 0.4) is 0 Å². The Hall–Kier alpha value is -4.96. The van der Waals surface area contributed by atoms with Crippen molar-refractivity contribution in [3.8, 4) is 0 Å². The second kappa shape index (κ2) is 13.1. The van der Waals surface area contributed by atoms with E-state index in [2.05, 4.69) is 26.7 Å². The largest absolute Gasteiger partial charge is 0.472 e. The number of benzene rings is 2. The molecule has 0 radical (unpaired) electrons. The molecule has 3 heterocycles. The average molecular weight is 572 g/mol. The van der Waals surface area contributed by atoms with E-state index in [4.69, 9.17) is 4.42 Å². The van der Waals surface area contributed by atoms with Crippen molar-refractivity contribution < 1.29 is 23.2 Å². The number of furan rings is 1. The first kappa shape index (κ1) is 30.0. The number of fused-ring (bicyclic) bond motifs is 1. The first-order valence-electron chi connectivity index (χ1n) is 13.5. The molecule has 6 N–H and O–H groups in total. The first-order valence-corrected chi connectivity index (χ1v) is 13.5. The fourth-order valence-electron chi connectivity index (χ4n) is 4.90. The van der Waals surface area contributed by atoms with Crippen molar-refractivity contribution in [3.05, 3.63) is 112 Å². The summed E-state index contributed by atoms with van der Waals surface area (Å²) >= 11 is 0. The van der Waals surface area contributed by atoms with Crippen LogP contribution < -0.4 is 21.7 Å². The Morgan fingerprint density at radius 1 is 1.12 bits per heavy atom. The van der Waals surface area contributed by atoms with Crippen molar-refractivity contribution in [2.45, 2.75) is 39.2 Å². The molecule has 218 valence electrons. The molecule has 1 aliphatic heterocycles. The lowest BCUT2D eigenvalue weighted by Crippen LogP contribution is -2.26. The van der Waals surface area contributed by atoms with E-state index >= 15 is 0 Å². The number of carbonyl (C=O) groups is 3. The van der Waals surface area contributed by atoms with Crippen LogP contribution in [0.5, 0.6) is 0 Å². The molecule has 2 aromatic carbocycles. The van der Waals surface area contributed by atoms with Crippen molar-refractivity contribution in [1.82, 2.24) is 10.3 Å². The van der Waals surface area contributed by atoms with Crippen LogP contribution in [-0.2, 0) is 16.0 Å². The molecule has 0 fully saturated rings. The van der Waals surface area contributed by atoms with Gasteiger partial charge in [-0.05, 0) is 87.0 Å². The Labute approximate surface area is 243 Å². The number of aryl methyl sites for hydroxylation is 1. The molecule has 0 spiro atoms. The van der Waals surface area contributed by atoms with Gasteiger partial charge < -0.3 is 31.1 Å². The van der Waals surface area contributed by atoms with Crippen LogP contribution in [0.2, 0.25) is 0 Å². The summed E-state index contributed by atoms with van der Waals surface area (Å²) < 4.78 is 18.3. The summed E-state index contributed by atoms with van der Waals surface area (Å²) in [5.74, 6) is -1.59. The molecule has 2 atom stereocenters. The minimum absolute atomic E-state index is 0.160. The minimum Gasteiger partial charge on any atom is -0.472 e. The van der Waals surface area contributed by atoms with Crippen molar-refractivity contribution in [2.75, 3.05) is 17.7 Å². The molecular formula is C32H34FN5O4. The van der Waals surface area contributed by atoms with E-state index in [0.717, 1.165) is 33.6 Å². The summed E-state index contributed by atoms with van der Waals surface area (Å²) in [6.07, 6.45) is 6.53. The third-order valence-electron chi connectivity index (χ3n) is 7.15. The number of hydrogen-bond acceptors (Lipinski definition) is 5. The molecule has 0 saturated carbocycles. The SMILES string of the molecule is CN.Cc1[nH]c(CC2C(=O)Nc3ccc(C(=O)NC(C)c4ccc(F)cc4)cc32)c(C)c1NC(=O)/C=C/c1ccoc1. The van der Waals surface area contributed by atoms with Gasteiger partial charge in [0, 0.05) is 40.7 Å². The summed E-state index contributed by atoms with van der Waals surface area (Å²) in [5.41, 5.74) is 11.0. The monoisotopic (exact) mass is 571 g/mol. The van der Waals surface area contributed by atoms with Gasteiger partial charge in [0.05, 0.1) is 30.2 Å². The number of amides is 3. The lowest BCUT2D eigenvalue weighted by atomic mass is 9.93. The second-order valence-corrected chi connectivity index (χ2v) is 9.90. The molecule has 0 saturated heterocycles. The second-order valence-electron chi connectivity index (χ2n) is 9.90. The van der Waals surface area contributed by atoms with Crippen molar-refractivity contribution in [1.29, 1.82) is 0 Å². The standard InChI is InChI=1S/C31H29FN4O4.CH5N/c1-17-27(33-19(3)29(17)36-28(37)11-4-20-12-13-40-16-20)15-25-24-14-22(7-10-26(24)35-31(25)39)30(38)34-18(2)21-5-8-23(32)9-6-21;1-2/h4-14,16,18,25,33H,15H2,1-3H3,(H,34,38)(H,35,39)(H,36,37);2H2,1H3/b11-4+;. The third-order valence-corrected chi connectivity index (χ3v) is 7.15. The summed E-state index contributed by atoms with van der Waals surface area (Å²) in [4.78, 5) is 41.8. The number of nitrogens with two attached hydrogens (primary N) is 1.